The molecule has 2 heterocycles. The zero-order valence-corrected chi connectivity index (χ0v) is 7.67. The summed E-state index contributed by atoms with van der Waals surface area (Å²) in [6.45, 7) is 1.09. The molecule has 1 aliphatic heterocycles. The number of nitrogens with one attached hydrogen (secondary N) is 1. The maximum Gasteiger partial charge on any atom is 0.0481 e. The molecule has 0 unspecified atom stereocenters. The summed E-state index contributed by atoms with van der Waals surface area (Å²) < 4.78 is 2.17. The molecule has 1 N–H and O–H groups in total. The lowest BCUT2D eigenvalue weighted by atomic mass is 10.1. The van der Waals surface area contributed by atoms with Crippen LogP contribution < -0.4 is 5.32 Å². The van der Waals surface area contributed by atoms with E-state index in [1.165, 1.54) is 22.2 Å². The van der Waals surface area contributed by atoms with Gasteiger partial charge in [0.2, 0.25) is 0 Å². The number of nitrogens with zero attached hydrogens (tertiary/aromatic N) is 1. The Bertz CT molecular complexity index is 468. The van der Waals surface area contributed by atoms with Crippen LogP contribution in [0.4, 0.5) is 5.69 Å². The van der Waals surface area contributed by atoms with Crippen molar-refractivity contribution in [3.05, 3.63) is 30.0 Å². The number of hydrogen-bond acceptors (Lipinski definition) is 1. The van der Waals surface area contributed by atoms with Crippen LogP contribution in [-0.4, -0.2) is 11.1 Å². The molecule has 0 atom stereocenters. The molecular weight excluding hydrogens is 160 g/mol. The molecule has 3 rings (SSSR count). The maximum absolute atomic E-state index is 3.39. The fraction of sp³-hybridized carbons (Fsp3) is 0.273. The van der Waals surface area contributed by atoms with Gasteiger partial charge in [0.25, 0.3) is 0 Å². The lowest BCUT2D eigenvalue weighted by Gasteiger charge is -2.01. The van der Waals surface area contributed by atoms with Crippen molar-refractivity contribution in [2.24, 2.45) is 7.05 Å². The second kappa shape index (κ2) is 2.28. The second-order valence-electron chi connectivity index (χ2n) is 3.63. The fourth-order valence-electron chi connectivity index (χ4n) is 2.17. The van der Waals surface area contributed by atoms with Gasteiger partial charge >= 0.3 is 0 Å². The van der Waals surface area contributed by atoms with Crippen molar-refractivity contribution < 1.29 is 0 Å². The van der Waals surface area contributed by atoms with Gasteiger partial charge in [0.1, 0.15) is 0 Å². The van der Waals surface area contributed by atoms with Crippen LogP contribution in [0.1, 0.15) is 5.56 Å². The van der Waals surface area contributed by atoms with E-state index in [1.54, 1.807) is 0 Å². The quantitative estimate of drug-likeness (QED) is 0.644. The van der Waals surface area contributed by atoms with Crippen molar-refractivity contribution in [2.45, 2.75) is 6.42 Å². The van der Waals surface area contributed by atoms with E-state index in [9.17, 15) is 0 Å². The van der Waals surface area contributed by atoms with E-state index < -0.39 is 0 Å². The van der Waals surface area contributed by atoms with Gasteiger partial charge in [-0.25, -0.2) is 0 Å². The van der Waals surface area contributed by atoms with Crippen molar-refractivity contribution >= 4 is 16.6 Å². The highest BCUT2D eigenvalue weighted by Crippen LogP contribution is 2.30. The van der Waals surface area contributed by atoms with E-state index in [-0.39, 0.29) is 0 Å². The van der Waals surface area contributed by atoms with E-state index in [0.29, 0.717) is 0 Å². The summed E-state index contributed by atoms with van der Waals surface area (Å²) in [6.07, 6.45) is 3.29. The Morgan fingerprint density at radius 2 is 2.23 bits per heavy atom. The van der Waals surface area contributed by atoms with Crippen LogP contribution in [0, 0.1) is 0 Å². The number of hydrogen-bond donors (Lipinski definition) is 1. The molecular formula is C11H12N2. The molecule has 1 aromatic heterocycles. The summed E-state index contributed by atoms with van der Waals surface area (Å²) in [5.41, 5.74) is 4.14. The monoisotopic (exact) mass is 172 g/mol. The zero-order valence-electron chi connectivity index (χ0n) is 7.67. The van der Waals surface area contributed by atoms with Crippen LogP contribution in [-0.2, 0) is 13.5 Å². The SMILES string of the molecule is Cn1ccc2c3c(ccc21)NCC3. The summed E-state index contributed by atoms with van der Waals surface area (Å²) in [5.74, 6) is 0. The topological polar surface area (TPSA) is 17.0 Å². The molecule has 0 aliphatic carbocycles. The standard InChI is InChI=1S/C11H12N2/c1-13-7-5-9-8-4-6-12-10(8)2-3-11(9)13/h2-3,5,7,12H,4,6H2,1H3. The largest absolute Gasteiger partial charge is 0.384 e. The number of fused-ring (bicyclic) bond motifs is 3. The molecule has 0 saturated carbocycles. The molecule has 2 aromatic rings. The molecule has 1 aliphatic rings. The molecule has 1 aromatic carbocycles. The van der Waals surface area contributed by atoms with E-state index in [1.807, 2.05) is 0 Å². The minimum Gasteiger partial charge on any atom is -0.384 e. The summed E-state index contributed by atoms with van der Waals surface area (Å²) in [4.78, 5) is 0. The van der Waals surface area contributed by atoms with Gasteiger partial charge < -0.3 is 9.88 Å². The molecule has 0 radical (unpaired) electrons. The van der Waals surface area contributed by atoms with Gasteiger partial charge in [-0.1, -0.05) is 0 Å². The first-order chi connectivity index (χ1) is 6.36. The van der Waals surface area contributed by atoms with Crippen LogP contribution in [0.3, 0.4) is 0 Å². The van der Waals surface area contributed by atoms with E-state index in [4.69, 9.17) is 0 Å². The van der Waals surface area contributed by atoms with Crippen LogP contribution in [0.25, 0.3) is 10.9 Å². The number of anilines is 1. The van der Waals surface area contributed by atoms with Gasteiger partial charge in [0, 0.05) is 36.4 Å². The average molecular weight is 172 g/mol. The maximum atomic E-state index is 3.39. The molecule has 0 saturated heterocycles. The summed E-state index contributed by atoms with van der Waals surface area (Å²) in [7, 11) is 2.09. The van der Waals surface area contributed by atoms with Crippen molar-refractivity contribution in [2.75, 3.05) is 11.9 Å². The molecule has 0 fully saturated rings. The Morgan fingerprint density at radius 3 is 3.15 bits per heavy atom. The highest BCUT2D eigenvalue weighted by Gasteiger charge is 2.13. The second-order valence-corrected chi connectivity index (χ2v) is 3.63. The van der Waals surface area contributed by atoms with Gasteiger partial charge in [0.15, 0.2) is 0 Å². The highest BCUT2D eigenvalue weighted by molar-refractivity contribution is 5.89. The highest BCUT2D eigenvalue weighted by atomic mass is 14.9. The fourth-order valence-corrected chi connectivity index (χ4v) is 2.17. The van der Waals surface area contributed by atoms with Gasteiger partial charge in [0.05, 0.1) is 0 Å². The Labute approximate surface area is 77.2 Å². The molecule has 13 heavy (non-hydrogen) atoms. The predicted molar refractivity (Wildman–Crippen MR) is 55.1 cm³/mol. The molecule has 66 valence electrons. The Hall–Kier alpha value is -1.44. The van der Waals surface area contributed by atoms with Crippen molar-refractivity contribution in [1.29, 1.82) is 0 Å². The minimum atomic E-state index is 1.09. The first-order valence-electron chi connectivity index (χ1n) is 4.67. The number of aromatic nitrogens is 1. The number of benzene rings is 1. The zero-order chi connectivity index (χ0) is 8.84. The number of rotatable bonds is 0. The summed E-state index contributed by atoms with van der Waals surface area (Å²) in [5, 5.41) is 4.80. The first-order valence-corrected chi connectivity index (χ1v) is 4.67. The normalized spacial score (nSPS) is 14.5. The number of aryl methyl sites for hydroxylation is 1. The minimum absolute atomic E-state index is 1.09. The van der Waals surface area contributed by atoms with E-state index in [0.717, 1.165) is 13.0 Å². The lowest BCUT2D eigenvalue weighted by molar-refractivity contribution is 0.969. The predicted octanol–water partition coefficient (Wildman–Crippen LogP) is 2.15. The van der Waals surface area contributed by atoms with Crippen molar-refractivity contribution in [3.63, 3.8) is 0 Å². The van der Waals surface area contributed by atoms with Gasteiger partial charge in [-0.15, -0.1) is 0 Å². The smallest absolute Gasteiger partial charge is 0.0481 e. The third kappa shape index (κ3) is 0.829. The lowest BCUT2D eigenvalue weighted by Crippen LogP contribution is -1.90. The van der Waals surface area contributed by atoms with E-state index in [2.05, 4.69) is 41.3 Å². The van der Waals surface area contributed by atoms with Crippen LogP contribution >= 0.6 is 0 Å². The first kappa shape index (κ1) is 7.01. The molecule has 0 bridgehead atoms. The Kier molecular flexibility index (Phi) is 1.23. The third-order valence-corrected chi connectivity index (χ3v) is 2.87. The van der Waals surface area contributed by atoms with Crippen LogP contribution in [0.5, 0.6) is 0 Å². The Morgan fingerprint density at radius 1 is 1.31 bits per heavy atom. The third-order valence-electron chi connectivity index (χ3n) is 2.87. The van der Waals surface area contributed by atoms with Gasteiger partial charge in [-0.05, 0) is 30.2 Å². The van der Waals surface area contributed by atoms with Crippen LogP contribution in [0.2, 0.25) is 0 Å². The molecule has 0 amide bonds. The molecule has 0 spiro atoms. The summed E-state index contributed by atoms with van der Waals surface area (Å²) in [6, 6.07) is 6.58. The molecule has 2 heteroatoms. The Balaban J connectivity index is 2.44. The van der Waals surface area contributed by atoms with Gasteiger partial charge in [-0.2, -0.15) is 0 Å². The summed E-state index contributed by atoms with van der Waals surface area (Å²) >= 11 is 0. The van der Waals surface area contributed by atoms with E-state index >= 15 is 0 Å². The van der Waals surface area contributed by atoms with Crippen LogP contribution in [0.15, 0.2) is 24.4 Å². The van der Waals surface area contributed by atoms with Gasteiger partial charge in [-0.3, -0.25) is 0 Å². The van der Waals surface area contributed by atoms with Crippen molar-refractivity contribution in [3.8, 4) is 0 Å². The molecule has 2 nitrogen and oxygen atoms in total. The van der Waals surface area contributed by atoms with Crippen molar-refractivity contribution in [1.82, 2.24) is 4.57 Å². The average Bonchev–Trinajstić information content (AvgIpc) is 2.70.